The van der Waals surface area contributed by atoms with E-state index in [9.17, 15) is 13.2 Å². The van der Waals surface area contributed by atoms with Gasteiger partial charge in [-0.15, -0.1) is 0 Å². The van der Waals surface area contributed by atoms with Crippen molar-refractivity contribution in [2.75, 3.05) is 18.8 Å². The van der Waals surface area contributed by atoms with E-state index in [-0.39, 0.29) is 22.8 Å². The quantitative estimate of drug-likeness (QED) is 0.782. The summed E-state index contributed by atoms with van der Waals surface area (Å²) in [6.07, 6.45) is 6.72. The van der Waals surface area contributed by atoms with Gasteiger partial charge in [-0.05, 0) is 24.7 Å². The minimum Gasteiger partial charge on any atom is -0.340 e. The molecule has 2 fully saturated rings. The Bertz CT molecular complexity index is 432. The summed E-state index contributed by atoms with van der Waals surface area (Å²) in [6, 6.07) is 0. The number of carbonyl (C=O) groups is 1. The molecule has 0 atom stereocenters. The largest absolute Gasteiger partial charge is 0.340 e. The summed E-state index contributed by atoms with van der Waals surface area (Å²) in [6.45, 7) is 4.67. The van der Waals surface area contributed by atoms with Crippen molar-refractivity contribution in [1.82, 2.24) is 4.90 Å². The number of likely N-dealkylation sites (tertiary alicyclic amines) is 1. The predicted octanol–water partition coefficient (Wildman–Crippen LogP) is 2.24. The lowest BCUT2D eigenvalue weighted by Crippen LogP contribution is -2.57. The maximum absolute atomic E-state index is 12.1. The van der Waals surface area contributed by atoms with Gasteiger partial charge in [0, 0.05) is 19.5 Å². The highest BCUT2D eigenvalue weighted by Crippen LogP contribution is 2.28. The summed E-state index contributed by atoms with van der Waals surface area (Å²) >= 11 is 0. The van der Waals surface area contributed by atoms with E-state index in [1.54, 1.807) is 4.90 Å². The molecular weight excluding hydrogens is 274 g/mol. The first-order chi connectivity index (χ1) is 9.38. The van der Waals surface area contributed by atoms with Gasteiger partial charge in [0.25, 0.3) is 0 Å². The number of amides is 1. The first-order valence-corrected chi connectivity index (χ1v) is 9.59. The van der Waals surface area contributed by atoms with Gasteiger partial charge in [-0.1, -0.05) is 33.1 Å². The predicted molar refractivity (Wildman–Crippen MR) is 80.2 cm³/mol. The van der Waals surface area contributed by atoms with Crippen LogP contribution >= 0.6 is 0 Å². The average Bonchev–Trinajstić information content (AvgIpc) is 2.25. The van der Waals surface area contributed by atoms with Gasteiger partial charge in [0.05, 0.1) is 11.0 Å². The van der Waals surface area contributed by atoms with Crippen LogP contribution < -0.4 is 0 Å². The van der Waals surface area contributed by atoms with E-state index in [1.807, 2.05) is 13.8 Å². The van der Waals surface area contributed by atoms with E-state index < -0.39 is 9.84 Å². The van der Waals surface area contributed by atoms with Crippen LogP contribution in [0.1, 0.15) is 52.4 Å². The Hall–Kier alpha value is -0.580. The van der Waals surface area contributed by atoms with Gasteiger partial charge < -0.3 is 4.90 Å². The van der Waals surface area contributed by atoms with Gasteiger partial charge in [0.2, 0.25) is 5.91 Å². The smallest absolute Gasteiger partial charge is 0.222 e. The molecule has 1 saturated carbocycles. The van der Waals surface area contributed by atoms with Crippen molar-refractivity contribution in [2.24, 2.45) is 11.8 Å². The molecule has 0 aromatic rings. The van der Waals surface area contributed by atoms with Crippen LogP contribution in [0.4, 0.5) is 0 Å². The first-order valence-electron chi connectivity index (χ1n) is 7.88. The summed E-state index contributed by atoms with van der Waals surface area (Å²) in [5.41, 5.74) is 0. The van der Waals surface area contributed by atoms with Crippen molar-refractivity contribution >= 4 is 15.7 Å². The van der Waals surface area contributed by atoms with Crippen molar-refractivity contribution < 1.29 is 13.2 Å². The molecule has 0 bridgehead atoms. The summed E-state index contributed by atoms with van der Waals surface area (Å²) in [5, 5.41) is -0.319. The lowest BCUT2D eigenvalue weighted by Gasteiger charge is -2.39. The molecule has 4 nitrogen and oxygen atoms in total. The van der Waals surface area contributed by atoms with E-state index in [0.717, 1.165) is 12.8 Å². The number of nitrogens with zero attached hydrogens (tertiary/aromatic N) is 1. The monoisotopic (exact) mass is 301 g/mol. The van der Waals surface area contributed by atoms with E-state index in [1.165, 1.54) is 19.3 Å². The second kappa shape index (κ2) is 6.46. The number of sulfone groups is 1. The van der Waals surface area contributed by atoms with Crippen molar-refractivity contribution in [1.29, 1.82) is 0 Å². The Morgan fingerprint density at radius 2 is 1.75 bits per heavy atom. The SMILES string of the molecule is CC(C)CS(=O)(=O)C1CN(C(=O)CC2CCCCC2)C1. The molecule has 0 spiro atoms. The fourth-order valence-electron chi connectivity index (χ4n) is 3.24. The first kappa shape index (κ1) is 15.8. The molecule has 1 amide bonds. The molecule has 116 valence electrons. The zero-order chi connectivity index (χ0) is 14.8. The molecule has 0 radical (unpaired) electrons. The third kappa shape index (κ3) is 3.96. The standard InChI is InChI=1S/C15H27NO3S/c1-12(2)11-20(18,19)14-9-16(10-14)15(17)8-13-6-4-3-5-7-13/h12-14H,3-11H2,1-2H3. The fourth-order valence-corrected chi connectivity index (χ4v) is 5.25. The third-order valence-corrected chi connectivity index (χ3v) is 6.91. The Kier molecular flexibility index (Phi) is 5.10. The third-order valence-electron chi connectivity index (χ3n) is 4.46. The number of carbonyl (C=O) groups excluding carboxylic acids is 1. The van der Waals surface area contributed by atoms with E-state index >= 15 is 0 Å². The van der Waals surface area contributed by atoms with Crippen LogP contribution in [0.2, 0.25) is 0 Å². The van der Waals surface area contributed by atoms with Gasteiger partial charge >= 0.3 is 0 Å². The second-order valence-corrected chi connectivity index (χ2v) is 9.18. The minimum absolute atomic E-state index is 0.159. The highest BCUT2D eigenvalue weighted by atomic mass is 32.2. The van der Waals surface area contributed by atoms with Gasteiger partial charge in [-0.25, -0.2) is 8.42 Å². The van der Waals surface area contributed by atoms with E-state index in [4.69, 9.17) is 0 Å². The molecule has 1 aliphatic heterocycles. The molecule has 20 heavy (non-hydrogen) atoms. The minimum atomic E-state index is -3.02. The van der Waals surface area contributed by atoms with Crippen LogP contribution in [-0.4, -0.2) is 43.3 Å². The van der Waals surface area contributed by atoms with Crippen molar-refractivity contribution in [3.05, 3.63) is 0 Å². The topological polar surface area (TPSA) is 54.5 Å². The van der Waals surface area contributed by atoms with Crippen LogP contribution in [0.5, 0.6) is 0 Å². The summed E-state index contributed by atoms with van der Waals surface area (Å²) in [5.74, 6) is 1.09. The van der Waals surface area contributed by atoms with Crippen LogP contribution in [0, 0.1) is 11.8 Å². The van der Waals surface area contributed by atoms with E-state index in [2.05, 4.69) is 0 Å². The molecule has 2 rings (SSSR count). The van der Waals surface area contributed by atoms with Crippen LogP contribution in [0.15, 0.2) is 0 Å². The van der Waals surface area contributed by atoms with Crippen LogP contribution in [-0.2, 0) is 14.6 Å². The number of hydrogen-bond acceptors (Lipinski definition) is 3. The van der Waals surface area contributed by atoms with Crippen molar-refractivity contribution in [3.63, 3.8) is 0 Å². The molecule has 1 heterocycles. The van der Waals surface area contributed by atoms with Gasteiger partial charge in [0.15, 0.2) is 9.84 Å². The zero-order valence-electron chi connectivity index (χ0n) is 12.7. The van der Waals surface area contributed by atoms with Crippen LogP contribution in [0.25, 0.3) is 0 Å². The van der Waals surface area contributed by atoms with Crippen molar-refractivity contribution in [2.45, 2.75) is 57.6 Å². The highest BCUT2D eigenvalue weighted by molar-refractivity contribution is 7.92. The van der Waals surface area contributed by atoms with E-state index in [0.29, 0.717) is 25.4 Å². The molecule has 5 heteroatoms. The highest BCUT2D eigenvalue weighted by Gasteiger charge is 2.39. The molecular formula is C15H27NO3S. The van der Waals surface area contributed by atoms with Gasteiger partial charge in [-0.3, -0.25) is 4.79 Å². The second-order valence-electron chi connectivity index (χ2n) is 6.85. The zero-order valence-corrected chi connectivity index (χ0v) is 13.5. The average molecular weight is 301 g/mol. The summed E-state index contributed by atoms with van der Waals surface area (Å²) < 4.78 is 24.1. The Morgan fingerprint density at radius 1 is 1.15 bits per heavy atom. The number of hydrogen-bond donors (Lipinski definition) is 0. The Morgan fingerprint density at radius 3 is 2.30 bits per heavy atom. The maximum atomic E-state index is 12.1. The molecule has 0 aromatic carbocycles. The summed E-state index contributed by atoms with van der Waals surface area (Å²) in [7, 11) is -3.02. The summed E-state index contributed by atoms with van der Waals surface area (Å²) in [4.78, 5) is 13.9. The molecule has 0 unspecified atom stereocenters. The molecule has 0 N–H and O–H groups in total. The fraction of sp³-hybridized carbons (Fsp3) is 0.933. The molecule has 1 aliphatic carbocycles. The molecule has 2 aliphatic rings. The molecule has 0 aromatic heterocycles. The lowest BCUT2D eigenvalue weighted by molar-refractivity contribution is -0.135. The Labute approximate surface area is 122 Å². The Balaban J connectivity index is 1.76. The lowest BCUT2D eigenvalue weighted by atomic mass is 9.86. The van der Waals surface area contributed by atoms with Gasteiger partial charge in [-0.2, -0.15) is 0 Å². The van der Waals surface area contributed by atoms with Gasteiger partial charge in [0.1, 0.15) is 0 Å². The number of rotatable bonds is 5. The maximum Gasteiger partial charge on any atom is 0.222 e. The van der Waals surface area contributed by atoms with Crippen molar-refractivity contribution in [3.8, 4) is 0 Å². The molecule has 1 saturated heterocycles. The normalized spacial score (nSPS) is 22.1. The van der Waals surface area contributed by atoms with Crippen LogP contribution in [0.3, 0.4) is 0 Å².